The molecule has 16 heavy (non-hydrogen) atoms. The molecule has 1 fully saturated rings. The topological polar surface area (TPSA) is 57.8 Å². The lowest BCUT2D eigenvalue weighted by Crippen LogP contribution is -2.14. The zero-order valence-corrected chi connectivity index (χ0v) is 9.03. The van der Waals surface area contributed by atoms with E-state index in [9.17, 15) is 4.79 Å². The highest BCUT2D eigenvalue weighted by Crippen LogP contribution is 2.38. The van der Waals surface area contributed by atoms with Crippen LogP contribution in [0.1, 0.15) is 13.3 Å². The molecule has 1 aliphatic carbocycles. The van der Waals surface area contributed by atoms with Crippen molar-refractivity contribution in [1.29, 1.82) is 0 Å². The Bertz CT molecular complexity index is 546. The lowest BCUT2D eigenvalue weighted by molar-refractivity contribution is -0.117. The lowest BCUT2D eigenvalue weighted by Gasteiger charge is -2.05. The van der Waals surface area contributed by atoms with Crippen molar-refractivity contribution in [2.45, 2.75) is 13.3 Å². The number of aromatic nitrogens is 2. The van der Waals surface area contributed by atoms with E-state index in [1.54, 1.807) is 6.20 Å². The van der Waals surface area contributed by atoms with Crippen LogP contribution in [0.5, 0.6) is 0 Å². The number of para-hydroxylation sites is 1. The molecule has 1 aliphatic rings. The normalized spacial score (nSPS) is 23.3. The van der Waals surface area contributed by atoms with E-state index in [2.05, 4.69) is 22.4 Å². The maximum absolute atomic E-state index is 11.8. The number of nitrogens with one attached hydrogen (secondary N) is 2. The van der Waals surface area contributed by atoms with Gasteiger partial charge < -0.3 is 5.32 Å². The number of rotatable bonds is 2. The first-order valence-electron chi connectivity index (χ1n) is 5.48. The van der Waals surface area contributed by atoms with Crippen LogP contribution in [-0.2, 0) is 4.79 Å². The van der Waals surface area contributed by atoms with Gasteiger partial charge in [0.25, 0.3) is 0 Å². The Morgan fingerprint density at radius 3 is 3.12 bits per heavy atom. The number of anilines is 1. The van der Waals surface area contributed by atoms with E-state index in [0.717, 1.165) is 23.0 Å². The fraction of sp³-hybridized carbons (Fsp3) is 0.333. The molecule has 3 rings (SSSR count). The van der Waals surface area contributed by atoms with Crippen molar-refractivity contribution in [2.24, 2.45) is 11.8 Å². The fourth-order valence-electron chi connectivity index (χ4n) is 1.99. The minimum Gasteiger partial charge on any atom is -0.324 e. The Morgan fingerprint density at radius 1 is 1.56 bits per heavy atom. The van der Waals surface area contributed by atoms with Gasteiger partial charge >= 0.3 is 0 Å². The summed E-state index contributed by atoms with van der Waals surface area (Å²) in [6.45, 7) is 2.10. The van der Waals surface area contributed by atoms with Crippen LogP contribution < -0.4 is 5.32 Å². The molecule has 4 heteroatoms. The summed E-state index contributed by atoms with van der Waals surface area (Å²) in [5.41, 5.74) is 1.71. The van der Waals surface area contributed by atoms with Crippen LogP contribution in [-0.4, -0.2) is 16.1 Å². The summed E-state index contributed by atoms with van der Waals surface area (Å²) in [5, 5.41) is 10.8. The van der Waals surface area contributed by atoms with E-state index < -0.39 is 0 Å². The Labute approximate surface area is 93.0 Å². The third-order valence-electron chi connectivity index (χ3n) is 3.18. The maximum Gasteiger partial charge on any atom is 0.227 e. The summed E-state index contributed by atoms with van der Waals surface area (Å²) in [6, 6.07) is 5.78. The quantitative estimate of drug-likeness (QED) is 0.806. The molecule has 0 spiro atoms. The molecule has 82 valence electrons. The lowest BCUT2D eigenvalue weighted by atomic mass is 10.2. The first-order valence-corrected chi connectivity index (χ1v) is 5.48. The third kappa shape index (κ3) is 1.46. The Balaban J connectivity index is 1.88. The number of fused-ring (bicyclic) bond motifs is 1. The summed E-state index contributed by atoms with van der Waals surface area (Å²) in [5.74, 6) is 0.841. The second kappa shape index (κ2) is 3.33. The molecule has 1 aromatic heterocycles. The number of H-pyrrole nitrogens is 1. The van der Waals surface area contributed by atoms with Crippen LogP contribution in [0.25, 0.3) is 10.9 Å². The summed E-state index contributed by atoms with van der Waals surface area (Å²) < 4.78 is 0. The van der Waals surface area contributed by atoms with Crippen molar-refractivity contribution < 1.29 is 4.79 Å². The second-order valence-corrected chi connectivity index (χ2v) is 4.45. The zero-order chi connectivity index (χ0) is 11.1. The second-order valence-electron chi connectivity index (χ2n) is 4.45. The highest BCUT2D eigenvalue weighted by atomic mass is 16.2. The van der Waals surface area contributed by atoms with Crippen molar-refractivity contribution in [1.82, 2.24) is 10.2 Å². The zero-order valence-electron chi connectivity index (χ0n) is 9.03. The summed E-state index contributed by atoms with van der Waals surface area (Å²) >= 11 is 0. The molecule has 2 N–H and O–H groups in total. The van der Waals surface area contributed by atoms with Gasteiger partial charge in [-0.05, 0) is 18.4 Å². The van der Waals surface area contributed by atoms with E-state index in [1.807, 2.05) is 18.2 Å². The smallest absolute Gasteiger partial charge is 0.227 e. The molecule has 2 atom stereocenters. The summed E-state index contributed by atoms with van der Waals surface area (Å²) in [7, 11) is 0. The van der Waals surface area contributed by atoms with Crippen LogP contribution in [0.4, 0.5) is 5.69 Å². The number of carbonyl (C=O) groups is 1. The first-order chi connectivity index (χ1) is 7.75. The van der Waals surface area contributed by atoms with Gasteiger partial charge in [0.15, 0.2) is 0 Å². The summed E-state index contributed by atoms with van der Waals surface area (Å²) in [6.07, 6.45) is 2.76. The van der Waals surface area contributed by atoms with Gasteiger partial charge in [-0.2, -0.15) is 5.10 Å². The van der Waals surface area contributed by atoms with Crippen LogP contribution in [0, 0.1) is 11.8 Å². The molecule has 1 aromatic carbocycles. The van der Waals surface area contributed by atoms with E-state index in [4.69, 9.17) is 0 Å². The Hall–Kier alpha value is -1.84. The fourth-order valence-corrected chi connectivity index (χ4v) is 1.99. The van der Waals surface area contributed by atoms with Crippen LogP contribution >= 0.6 is 0 Å². The molecule has 0 radical (unpaired) electrons. The van der Waals surface area contributed by atoms with Gasteiger partial charge in [0.1, 0.15) is 0 Å². The van der Waals surface area contributed by atoms with Crippen molar-refractivity contribution in [2.75, 3.05) is 5.32 Å². The minimum absolute atomic E-state index is 0.120. The number of hydrogen-bond acceptors (Lipinski definition) is 2. The molecule has 0 saturated heterocycles. The van der Waals surface area contributed by atoms with Gasteiger partial charge in [-0.1, -0.05) is 19.1 Å². The average molecular weight is 215 g/mol. The Morgan fingerprint density at radius 2 is 2.38 bits per heavy atom. The van der Waals surface area contributed by atoms with Crippen molar-refractivity contribution >= 4 is 22.5 Å². The van der Waals surface area contributed by atoms with Gasteiger partial charge in [-0.15, -0.1) is 0 Å². The molecular formula is C12H13N3O. The monoisotopic (exact) mass is 215 g/mol. The SMILES string of the molecule is C[C@H]1C[C@H]1C(=O)Nc1cccc2cn[nH]c12. The van der Waals surface area contributed by atoms with Gasteiger partial charge in [0.05, 0.1) is 17.4 Å². The molecule has 1 heterocycles. The molecule has 2 aromatic rings. The maximum atomic E-state index is 11.8. The number of benzene rings is 1. The predicted molar refractivity (Wildman–Crippen MR) is 62.0 cm³/mol. The number of amides is 1. The van der Waals surface area contributed by atoms with Gasteiger partial charge in [0.2, 0.25) is 5.91 Å². The largest absolute Gasteiger partial charge is 0.324 e. The minimum atomic E-state index is 0.120. The van der Waals surface area contributed by atoms with Crippen LogP contribution in [0.15, 0.2) is 24.4 Å². The molecule has 0 bridgehead atoms. The number of nitrogens with zero attached hydrogens (tertiary/aromatic N) is 1. The molecule has 4 nitrogen and oxygen atoms in total. The molecular weight excluding hydrogens is 202 g/mol. The van der Waals surface area contributed by atoms with Crippen molar-refractivity contribution in [3.63, 3.8) is 0 Å². The average Bonchev–Trinajstić information content (AvgIpc) is 2.81. The molecule has 1 amide bonds. The van der Waals surface area contributed by atoms with E-state index in [0.29, 0.717) is 5.92 Å². The van der Waals surface area contributed by atoms with Gasteiger partial charge in [-0.25, -0.2) is 0 Å². The number of aromatic amines is 1. The predicted octanol–water partition coefficient (Wildman–Crippen LogP) is 2.16. The third-order valence-corrected chi connectivity index (χ3v) is 3.18. The standard InChI is InChI=1S/C12H13N3O/c1-7-5-9(7)12(16)14-10-4-2-3-8-6-13-15-11(8)10/h2-4,6-7,9H,5H2,1H3,(H,13,15)(H,14,16)/t7-,9+/m0/s1. The highest BCUT2D eigenvalue weighted by Gasteiger charge is 2.39. The highest BCUT2D eigenvalue weighted by molar-refractivity contribution is 6.01. The summed E-state index contributed by atoms with van der Waals surface area (Å²) in [4.78, 5) is 11.8. The van der Waals surface area contributed by atoms with Gasteiger partial charge in [0, 0.05) is 11.3 Å². The van der Waals surface area contributed by atoms with Crippen molar-refractivity contribution in [3.8, 4) is 0 Å². The van der Waals surface area contributed by atoms with Crippen molar-refractivity contribution in [3.05, 3.63) is 24.4 Å². The van der Waals surface area contributed by atoms with E-state index in [1.165, 1.54) is 0 Å². The molecule has 1 saturated carbocycles. The Kier molecular flexibility index (Phi) is 1.96. The first kappa shape index (κ1) is 9.39. The number of carbonyl (C=O) groups excluding carboxylic acids is 1. The van der Waals surface area contributed by atoms with E-state index in [-0.39, 0.29) is 11.8 Å². The molecule has 0 aliphatic heterocycles. The number of hydrogen-bond donors (Lipinski definition) is 2. The molecule has 0 unspecified atom stereocenters. The van der Waals surface area contributed by atoms with Gasteiger partial charge in [-0.3, -0.25) is 9.89 Å². The van der Waals surface area contributed by atoms with Crippen LogP contribution in [0.3, 0.4) is 0 Å². The van der Waals surface area contributed by atoms with Crippen LogP contribution in [0.2, 0.25) is 0 Å². The van der Waals surface area contributed by atoms with E-state index >= 15 is 0 Å².